The van der Waals surface area contributed by atoms with Crippen LogP contribution >= 0.6 is 11.8 Å². The van der Waals surface area contributed by atoms with Crippen molar-refractivity contribution in [3.05, 3.63) is 0 Å². The van der Waals surface area contributed by atoms with E-state index in [2.05, 4.69) is 22.4 Å². The number of rotatable bonds is 5. The number of nitrogens with one attached hydrogen (secondary N) is 2. The second-order valence-corrected chi connectivity index (χ2v) is 5.31. The first-order valence-electron chi connectivity index (χ1n) is 5.47. The second kappa shape index (κ2) is 5.23. The molecule has 0 spiro atoms. The van der Waals surface area contributed by atoms with Gasteiger partial charge in [-0.05, 0) is 18.9 Å². The minimum absolute atomic E-state index is 0.720. The number of thioether (sulfide) groups is 1. The highest BCUT2D eigenvalue weighted by atomic mass is 32.2. The zero-order valence-electron chi connectivity index (χ0n) is 8.22. The van der Waals surface area contributed by atoms with Crippen molar-refractivity contribution in [3.63, 3.8) is 0 Å². The van der Waals surface area contributed by atoms with Gasteiger partial charge in [-0.25, -0.2) is 0 Å². The lowest BCUT2D eigenvalue weighted by atomic mass is 10.2. The molecule has 2 aliphatic rings. The molecule has 0 radical (unpaired) electrons. The van der Waals surface area contributed by atoms with Gasteiger partial charge in [-0.15, -0.1) is 0 Å². The van der Waals surface area contributed by atoms with Gasteiger partial charge in [0, 0.05) is 30.6 Å². The maximum absolute atomic E-state index is 3.55. The molecule has 76 valence electrons. The smallest absolute Gasteiger partial charge is 0.0283 e. The van der Waals surface area contributed by atoms with Crippen LogP contribution in [0.2, 0.25) is 0 Å². The lowest BCUT2D eigenvalue weighted by Gasteiger charge is -2.23. The Morgan fingerprint density at radius 1 is 1.38 bits per heavy atom. The van der Waals surface area contributed by atoms with Crippen molar-refractivity contribution in [1.82, 2.24) is 10.6 Å². The first-order valence-corrected chi connectivity index (χ1v) is 6.62. The Bertz CT molecular complexity index is 142. The summed E-state index contributed by atoms with van der Waals surface area (Å²) in [5.74, 6) is 3.65. The molecule has 1 atom stereocenters. The van der Waals surface area contributed by atoms with Crippen molar-refractivity contribution < 1.29 is 0 Å². The summed E-state index contributed by atoms with van der Waals surface area (Å²) in [6.45, 7) is 3.59. The van der Waals surface area contributed by atoms with Crippen molar-refractivity contribution in [2.45, 2.75) is 25.3 Å². The lowest BCUT2D eigenvalue weighted by molar-refractivity contribution is 0.502. The Balaban J connectivity index is 1.46. The zero-order valence-corrected chi connectivity index (χ0v) is 9.04. The van der Waals surface area contributed by atoms with E-state index in [-0.39, 0.29) is 0 Å². The fourth-order valence-electron chi connectivity index (χ4n) is 1.74. The van der Waals surface area contributed by atoms with Gasteiger partial charge in [0.2, 0.25) is 0 Å². The van der Waals surface area contributed by atoms with Crippen molar-refractivity contribution in [2.75, 3.05) is 31.1 Å². The van der Waals surface area contributed by atoms with Crippen molar-refractivity contribution in [3.8, 4) is 0 Å². The summed E-state index contributed by atoms with van der Waals surface area (Å²) in [4.78, 5) is 0. The zero-order chi connectivity index (χ0) is 8.93. The average Bonchev–Trinajstić information content (AvgIpc) is 2.98. The van der Waals surface area contributed by atoms with Crippen LogP contribution in [0.25, 0.3) is 0 Å². The van der Waals surface area contributed by atoms with E-state index in [0.29, 0.717) is 0 Å². The third-order valence-corrected chi connectivity index (χ3v) is 3.95. The van der Waals surface area contributed by atoms with Gasteiger partial charge in [0.25, 0.3) is 0 Å². The predicted molar refractivity (Wildman–Crippen MR) is 59.3 cm³/mol. The maximum Gasteiger partial charge on any atom is 0.0283 e. The molecular weight excluding hydrogens is 180 g/mol. The van der Waals surface area contributed by atoms with Gasteiger partial charge in [0.1, 0.15) is 0 Å². The van der Waals surface area contributed by atoms with Gasteiger partial charge >= 0.3 is 0 Å². The van der Waals surface area contributed by atoms with E-state index in [1.54, 1.807) is 0 Å². The molecule has 0 aromatic heterocycles. The normalized spacial score (nSPS) is 29.1. The van der Waals surface area contributed by atoms with Gasteiger partial charge in [0.15, 0.2) is 0 Å². The van der Waals surface area contributed by atoms with Crippen molar-refractivity contribution in [1.29, 1.82) is 0 Å². The molecule has 13 heavy (non-hydrogen) atoms. The van der Waals surface area contributed by atoms with Gasteiger partial charge in [-0.3, -0.25) is 0 Å². The van der Waals surface area contributed by atoms with Crippen LogP contribution in [-0.2, 0) is 0 Å². The van der Waals surface area contributed by atoms with Crippen LogP contribution in [-0.4, -0.2) is 37.2 Å². The highest BCUT2D eigenvalue weighted by Gasteiger charge is 2.20. The van der Waals surface area contributed by atoms with Gasteiger partial charge in [0.05, 0.1) is 0 Å². The molecule has 1 aliphatic carbocycles. The Kier molecular flexibility index (Phi) is 3.94. The summed E-state index contributed by atoms with van der Waals surface area (Å²) in [7, 11) is 0. The number of hydrogen-bond acceptors (Lipinski definition) is 3. The van der Waals surface area contributed by atoms with Crippen LogP contribution in [0.5, 0.6) is 0 Å². The van der Waals surface area contributed by atoms with E-state index in [1.165, 1.54) is 50.4 Å². The highest BCUT2D eigenvalue weighted by molar-refractivity contribution is 7.99. The third-order valence-electron chi connectivity index (χ3n) is 2.82. The molecule has 2 fully saturated rings. The topological polar surface area (TPSA) is 24.1 Å². The summed E-state index contributed by atoms with van der Waals surface area (Å²) < 4.78 is 0. The molecule has 0 aromatic rings. The fourth-order valence-corrected chi connectivity index (χ4v) is 2.69. The molecule has 2 nitrogen and oxygen atoms in total. The molecule has 0 aromatic carbocycles. The van der Waals surface area contributed by atoms with Crippen molar-refractivity contribution in [2.24, 2.45) is 5.92 Å². The van der Waals surface area contributed by atoms with Crippen LogP contribution in [0.1, 0.15) is 19.3 Å². The summed E-state index contributed by atoms with van der Waals surface area (Å²) in [6.07, 6.45) is 4.37. The molecule has 2 rings (SSSR count). The Morgan fingerprint density at radius 3 is 3.00 bits per heavy atom. The number of hydrogen-bond donors (Lipinski definition) is 2. The summed E-state index contributed by atoms with van der Waals surface area (Å²) in [5, 5.41) is 7.09. The predicted octanol–water partition coefficient (Wildman–Crippen LogP) is 1.08. The van der Waals surface area contributed by atoms with E-state index >= 15 is 0 Å². The summed E-state index contributed by atoms with van der Waals surface area (Å²) in [6, 6.07) is 0.720. The molecule has 0 bridgehead atoms. The van der Waals surface area contributed by atoms with Crippen LogP contribution in [0.15, 0.2) is 0 Å². The third kappa shape index (κ3) is 3.88. The van der Waals surface area contributed by atoms with Crippen molar-refractivity contribution >= 4 is 11.8 Å². The molecule has 2 N–H and O–H groups in total. The molecule has 1 saturated carbocycles. The van der Waals surface area contributed by atoms with E-state index in [4.69, 9.17) is 0 Å². The van der Waals surface area contributed by atoms with Crippen LogP contribution < -0.4 is 10.6 Å². The van der Waals surface area contributed by atoms with E-state index in [9.17, 15) is 0 Å². The highest BCUT2D eigenvalue weighted by Crippen LogP contribution is 2.31. The minimum Gasteiger partial charge on any atom is -0.315 e. The van der Waals surface area contributed by atoms with Crippen LogP contribution in [0.4, 0.5) is 0 Å². The molecule has 3 heteroatoms. The molecule has 0 amide bonds. The van der Waals surface area contributed by atoms with E-state index in [0.717, 1.165) is 12.0 Å². The Morgan fingerprint density at radius 2 is 2.31 bits per heavy atom. The monoisotopic (exact) mass is 200 g/mol. The second-order valence-electron chi connectivity index (χ2n) is 4.16. The first kappa shape index (κ1) is 9.81. The lowest BCUT2D eigenvalue weighted by Crippen LogP contribution is -2.44. The SMILES string of the molecule is C(CC1CC1)NCC1CSCCN1. The van der Waals surface area contributed by atoms with Crippen LogP contribution in [0.3, 0.4) is 0 Å². The minimum atomic E-state index is 0.720. The molecule has 1 heterocycles. The summed E-state index contributed by atoms with van der Waals surface area (Å²) in [5.41, 5.74) is 0. The largest absolute Gasteiger partial charge is 0.315 e. The molecule has 1 unspecified atom stereocenters. The van der Waals surface area contributed by atoms with Gasteiger partial charge in [-0.2, -0.15) is 11.8 Å². The Labute approximate surface area is 85.2 Å². The first-order chi connectivity index (χ1) is 6.45. The quantitative estimate of drug-likeness (QED) is 0.650. The average molecular weight is 200 g/mol. The fraction of sp³-hybridized carbons (Fsp3) is 1.00. The van der Waals surface area contributed by atoms with E-state index < -0.39 is 0 Å². The van der Waals surface area contributed by atoms with E-state index in [1.807, 2.05) is 0 Å². The molecule has 1 saturated heterocycles. The van der Waals surface area contributed by atoms with Gasteiger partial charge < -0.3 is 10.6 Å². The van der Waals surface area contributed by atoms with Gasteiger partial charge in [-0.1, -0.05) is 12.8 Å². The maximum atomic E-state index is 3.55. The molecule has 1 aliphatic heterocycles. The summed E-state index contributed by atoms with van der Waals surface area (Å²) >= 11 is 2.08. The Hall–Kier alpha value is 0.270. The molecular formula is C10H20N2S. The standard InChI is InChI=1S/C10H20N2S/c1-2-9(1)3-4-11-7-10-8-13-6-5-12-10/h9-12H,1-8H2. The van der Waals surface area contributed by atoms with Crippen LogP contribution in [0, 0.1) is 5.92 Å².